The van der Waals surface area contributed by atoms with Crippen molar-refractivity contribution in [2.24, 2.45) is 5.92 Å². The van der Waals surface area contributed by atoms with Gasteiger partial charge >= 0.3 is 0 Å². The summed E-state index contributed by atoms with van der Waals surface area (Å²) in [5.41, 5.74) is 0.710. The predicted molar refractivity (Wildman–Crippen MR) is 132 cm³/mol. The standard InChI is InChI=1S/C24H34Cl2N4O2/c1-15(2)13-29(22(32)17-10-9-16(25)11-18(17)26)14-21(31)27-20-12-19(23(3,4)5)28-30(20)24(6,7)8/h9-12,15H,13-14H2,1-8H3,(H,27,31). The van der Waals surface area contributed by atoms with Gasteiger partial charge in [0.05, 0.1) is 21.8 Å². The number of carbonyl (C=O) groups is 2. The van der Waals surface area contributed by atoms with Gasteiger partial charge in [-0.25, -0.2) is 4.68 Å². The SMILES string of the molecule is CC(C)CN(CC(=O)Nc1cc(C(C)(C)C)nn1C(C)(C)C)C(=O)c1ccc(Cl)cc1Cl. The van der Waals surface area contributed by atoms with E-state index in [1.54, 1.807) is 12.1 Å². The molecule has 1 N–H and O–H groups in total. The maximum atomic E-state index is 13.2. The first-order valence-corrected chi connectivity index (χ1v) is 11.5. The maximum Gasteiger partial charge on any atom is 0.255 e. The summed E-state index contributed by atoms with van der Waals surface area (Å²) in [5, 5.41) is 8.39. The van der Waals surface area contributed by atoms with Crippen LogP contribution in [0.2, 0.25) is 10.0 Å². The molecule has 1 aromatic carbocycles. The molecule has 0 saturated heterocycles. The second-order valence-corrected chi connectivity index (χ2v) is 11.3. The van der Waals surface area contributed by atoms with E-state index in [1.807, 2.05) is 45.4 Å². The lowest BCUT2D eigenvalue weighted by molar-refractivity contribution is -0.117. The summed E-state index contributed by atoms with van der Waals surface area (Å²) in [6.07, 6.45) is 0. The molecule has 0 spiro atoms. The Kier molecular flexibility index (Phi) is 8.05. The molecule has 2 amide bonds. The summed E-state index contributed by atoms with van der Waals surface area (Å²) >= 11 is 12.2. The fourth-order valence-corrected chi connectivity index (χ4v) is 3.69. The van der Waals surface area contributed by atoms with Gasteiger partial charge in [-0.15, -0.1) is 0 Å². The Labute approximate surface area is 201 Å². The van der Waals surface area contributed by atoms with Gasteiger partial charge in [0.15, 0.2) is 0 Å². The molecule has 0 unspecified atom stereocenters. The van der Waals surface area contributed by atoms with E-state index < -0.39 is 0 Å². The molecular weight excluding hydrogens is 447 g/mol. The first kappa shape index (κ1) is 26.2. The van der Waals surface area contributed by atoms with E-state index in [9.17, 15) is 9.59 Å². The maximum absolute atomic E-state index is 13.2. The van der Waals surface area contributed by atoms with Crippen LogP contribution in [0.15, 0.2) is 24.3 Å². The number of aromatic nitrogens is 2. The Bertz CT molecular complexity index is 985. The molecule has 0 bridgehead atoms. The van der Waals surface area contributed by atoms with Crippen molar-refractivity contribution < 1.29 is 9.59 Å². The minimum Gasteiger partial charge on any atom is -0.329 e. The number of hydrogen-bond acceptors (Lipinski definition) is 3. The van der Waals surface area contributed by atoms with E-state index >= 15 is 0 Å². The van der Waals surface area contributed by atoms with Gasteiger partial charge in [0.1, 0.15) is 12.4 Å². The van der Waals surface area contributed by atoms with Gasteiger partial charge in [0.2, 0.25) is 5.91 Å². The van der Waals surface area contributed by atoms with Crippen LogP contribution < -0.4 is 5.32 Å². The normalized spacial score (nSPS) is 12.2. The van der Waals surface area contributed by atoms with E-state index in [0.29, 0.717) is 22.9 Å². The van der Waals surface area contributed by atoms with Gasteiger partial charge in [-0.3, -0.25) is 9.59 Å². The number of nitrogens with one attached hydrogen (secondary N) is 1. The van der Waals surface area contributed by atoms with Crippen LogP contribution >= 0.6 is 23.2 Å². The number of halogens is 2. The van der Waals surface area contributed by atoms with Crippen molar-refractivity contribution in [3.05, 3.63) is 45.6 Å². The highest BCUT2D eigenvalue weighted by Crippen LogP contribution is 2.28. The fourth-order valence-electron chi connectivity index (χ4n) is 3.20. The van der Waals surface area contributed by atoms with Crippen LogP contribution in [0.3, 0.4) is 0 Å². The van der Waals surface area contributed by atoms with Crippen molar-refractivity contribution >= 4 is 40.8 Å². The van der Waals surface area contributed by atoms with Crippen LogP contribution in [-0.2, 0) is 15.7 Å². The highest BCUT2D eigenvalue weighted by atomic mass is 35.5. The van der Waals surface area contributed by atoms with Crippen molar-refractivity contribution in [1.29, 1.82) is 0 Å². The molecule has 6 nitrogen and oxygen atoms in total. The van der Waals surface area contributed by atoms with Crippen LogP contribution in [-0.4, -0.2) is 39.6 Å². The summed E-state index contributed by atoms with van der Waals surface area (Å²) in [7, 11) is 0. The number of amides is 2. The van der Waals surface area contributed by atoms with Gasteiger partial charge in [-0.05, 0) is 44.9 Å². The topological polar surface area (TPSA) is 67.2 Å². The minimum absolute atomic E-state index is 0.101. The molecule has 2 rings (SSSR count). The Morgan fingerprint density at radius 2 is 1.72 bits per heavy atom. The summed E-state index contributed by atoms with van der Waals surface area (Å²) < 4.78 is 1.82. The van der Waals surface area contributed by atoms with Crippen molar-refractivity contribution in [3.63, 3.8) is 0 Å². The van der Waals surface area contributed by atoms with Gasteiger partial charge < -0.3 is 10.2 Å². The van der Waals surface area contributed by atoms with Gasteiger partial charge in [-0.1, -0.05) is 57.8 Å². The molecule has 0 saturated carbocycles. The molecule has 0 fully saturated rings. The third-order valence-corrected chi connectivity index (χ3v) is 5.30. The summed E-state index contributed by atoms with van der Waals surface area (Å²) in [6.45, 7) is 16.6. The van der Waals surface area contributed by atoms with E-state index in [1.165, 1.54) is 11.0 Å². The van der Waals surface area contributed by atoms with Crippen molar-refractivity contribution in [3.8, 4) is 0 Å². The average Bonchev–Trinajstić information content (AvgIpc) is 3.04. The number of nitrogens with zero attached hydrogens (tertiary/aromatic N) is 3. The van der Waals surface area contributed by atoms with E-state index in [0.717, 1.165) is 5.69 Å². The molecule has 0 aliphatic heterocycles. The molecule has 0 aliphatic rings. The average molecular weight is 481 g/mol. The predicted octanol–water partition coefficient (Wildman–Crippen LogP) is 5.98. The fraction of sp³-hybridized carbons (Fsp3) is 0.542. The molecule has 1 heterocycles. The van der Waals surface area contributed by atoms with Crippen molar-refractivity contribution in [1.82, 2.24) is 14.7 Å². The van der Waals surface area contributed by atoms with Crippen molar-refractivity contribution in [2.45, 2.75) is 66.3 Å². The van der Waals surface area contributed by atoms with E-state index in [-0.39, 0.29) is 40.3 Å². The summed E-state index contributed by atoms with van der Waals surface area (Å²) in [4.78, 5) is 27.7. The highest BCUT2D eigenvalue weighted by molar-refractivity contribution is 6.36. The van der Waals surface area contributed by atoms with Gasteiger partial charge in [0.25, 0.3) is 5.91 Å². The molecule has 0 atom stereocenters. The third-order valence-electron chi connectivity index (χ3n) is 4.75. The molecule has 2 aromatic rings. The molecular formula is C24H34Cl2N4O2. The molecule has 1 aromatic heterocycles. The van der Waals surface area contributed by atoms with Gasteiger partial charge in [0, 0.05) is 23.0 Å². The molecule has 0 aliphatic carbocycles. The Morgan fingerprint density at radius 3 is 2.22 bits per heavy atom. The number of rotatable bonds is 6. The van der Waals surface area contributed by atoms with Crippen LogP contribution in [0.25, 0.3) is 0 Å². The molecule has 32 heavy (non-hydrogen) atoms. The van der Waals surface area contributed by atoms with Crippen LogP contribution in [0, 0.1) is 5.92 Å². The van der Waals surface area contributed by atoms with E-state index in [2.05, 4.69) is 26.1 Å². The molecule has 8 heteroatoms. The third kappa shape index (κ3) is 6.72. The zero-order valence-electron chi connectivity index (χ0n) is 20.2. The van der Waals surface area contributed by atoms with Gasteiger partial charge in [-0.2, -0.15) is 5.10 Å². The van der Waals surface area contributed by atoms with Crippen LogP contribution in [0.5, 0.6) is 0 Å². The Hall–Kier alpha value is -2.05. The highest BCUT2D eigenvalue weighted by Gasteiger charge is 2.27. The van der Waals surface area contributed by atoms with Crippen LogP contribution in [0.1, 0.15) is 71.4 Å². The Balaban J connectivity index is 2.29. The first-order chi connectivity index (χ1) is 14.6. The minimum atomic E-state index is -0.323. The lowest BCUT2D eigenvalue weighted by Gasteiger charge is -2.26. The van der Waals surface area contributed by atoms with E-state index in [4.69, 9.17) is 28.3 Å². The molecule has 176 valence electrons. The summed E-state index contributed by atoms with van der Waals surface area (Å²) in [6, 6.07) is 6.63. The summed E-state index contributed by atoms with van der Waals surface area (Å²) in [5.74, 6) is 0.171. The monoisotopic (exact) mass is 480 g/mol. The lowest BCUT2D eigenvalue weighted by atomic mass is 9.92. The number of anilines is 1. The number of hydrogen-bond donors (Lipinski definition) is 1. The Morgan fingerprint density at radius 1 is 1.09 bits per heavy atom. The number of benzene rings is 1. The number of carbonyl (C=O) groups excluding carboxylic acids is 2. The quantitative estimate of drug-likeness (QED) is 0.552. The largest absolute Gasteiger partial charge is 0.329 e. The zero-order valence-corrected chi connectivity index (χ0v) is 21.7. The first-order valence-electron chi connectivity index (χ1n) is 10.7. The smallest absolute Gasteiger partial charge is 0.255 e. The lowest BCUT2D eigenvalue weighted by Crippen LogP contribution is -2.40. The molecule has 0 radical (unpaired) electrons. The zero-order chi connectivity index (χ0) is 24.4. The van der Waals surface area contributed by atoms with Crippen molar-refractivity contribution in [2.75, 3.05) is 18.4 Å². The van der Waals surface area contributed by atoms with Crippen LogP contribution in [0.4, 0.5) is 5.82 Å². The second kappa shape index (κ2) is 9.84. The second-order valence-electron chi connectivity index (χ2n) is 10.5.